The van der Waals surface area contributed by atoms with Crippen LogP contribution in [-0.2, 0) is 13.1 Å². The van der Waals surface area contributed by atoms with Crippen LogP contribution < -0.4 is 5.32 Å². The summed E-state index contributed by atoms with van der Waals surface area (Å²) in [6, 6.07) is 9.01. The minimum Gasteiger partial charge on any atom is -0.312 e. The molecule has 0 bridgehead atoms. The van der Waals surface area contributed by atoms with Crippen LogP contribution in [0, 0.1) is 5.92 Å². The number of hydrogen-bond acceptors (Lipinski definition) is 2. The molecular formula is C18H32N2. The molecule has 0 radical (unpaired) electrons. The number of rotatable bonds is 8. The Morgan fingerprint density at radius 2 is 1.65 bits per heavy atom. The molecule has 0 unspecified atom stereocenters. The van der Waals surface area contributed by atoms with Gasteiger partial charge in [-0.1, -0.05) is 45.0 Å². The third-order valence-electron chi connectivity index (χ3n) is 4.22. The summed E-state index contributed by atoms with van der Waals surface area (Å²) in [4.78, 5) is 2.43. The highest BCUT2D eigenvalue weighted by Gasteiger charge is 2.20. The van der Waals surface area contributed by atoms with E-state index in [2.05, 4.69) is 76.1 Å². The second-order valence-electron chi connectivity index (χ2n) is 6.86. The molecule has 0 aromatic heterocycles. The number of benzene rings is 1. The summed E-state index contributed by atoms with van der Waals surface area (Å²) in [6.45, 7) is 14.4. The highest BCUT2D eigenvalue weighted by Crippen LogP contribution is 2.19. The number of hydrogen-bond donors (Lipinski definition) is 1. The first-order valence-corrected chi connectivity index (χ1v) is 7.85. The quantitative estimate of drug-likeness (QED) is 0.770. The normalized spacial score (nSPS) is 12.4. The molecule has 0 fully saturated rings. The molecule has 0 saturated heterocycles. The molecule has 114 valence electrons. The second-order valence-corrected chi connectivity index (χ2v) is 6.86. The van der Waals surface area contributed by atoms with Crippen molar-refractivity contribution in [3.8, 4) is 0 Å². The van der Waals surface area contributed by atoms with E-state index >= 15 is 0 Å². The highest BCUT2D eigenvalue weighted by atomic mass is 15.2. The van der Waals surface area contributed by atoms with E-state index in [1.54, 1.807) is 0 Å². The molecule has 0 spiro atoms. The van der Waals surface area contributed by atoms with Gasteiger partial charge in [-0.2, -0.15) is 0 Å². The first kappa shape index (κ1) is 17.2. The molecule has 0 heterocycles. The van der Waals surface area contributed by atoms with Crippen LogP contribution in [0.3, 0.4) is 0 Å². The van der Waals surface area contributed by atoms with Gasteiger partial charge in [0.2, 0.25) is 0 Å². The molecule has 20 heavy (non-hydrogen) atoms. The summed E-state index contributed by atoms with van der Waals surface area (Å²) >= 11 is 0. The summed E-state index contributed by atoms with van der Waals surface area (Å²) in [5.41, 5.74) is 3.02. The van der Waals surface area contributed by atoms with Crippen molar-refractivity contribution < 1.29 is 0 Å². The highest BCUT2D eigenvalue weighted by molar-refractivity contribution is 5.22. The van der Waals surface area contributed by atoms with Gasteiger partial charge in [0.15, 0.2) is 0 Å². The lowest BCUT2D eigenvalue weighted by Gasteiger charge is -2.34. The summed E-state index contributed by atoms with van der Waals surface area (Å²) in [5, 5.41) is 3.48. The fourth-order valence-electron chi connectivity index (χ4n) is 2.03. The van der Waals surface area contributed by atoms with Gasteiger partial charge in [0.05, 0.1) is 0 Å². The van der Waals surface area contributed by atoms with Gasteiger partial charge in [-0.15, -0.1) is 0 Å². The molecule has 2 nitrogen and oxygen atoms in total. The standard InChI is InChI=1S/C18H32N2/c1-7-18(4,5)20(6)14-17-10-8-16(9-11-17)13-19-12-15(2)3/h8-11,15,19H,7,12-14H2,1-6H3. The Morgan fingerprint density at radius 1 is 1.10 bits per heavy atom. The van der Waals surface area contributed by atoms with Crippen LogP contribution in [0.4, 0.5) is 0 Å². The lowest BCUT2D eigenvalue weighted by Crippen LogP contribution is -2.39. The van der Waals surface area contributed by atoms with Gasteiger partial charge in [0.1, 0.15) is 0 Å². The second kappa shape index (κ2) is 7.80. The maximum absolute atomic E-state index is 3.48. The zero-order chi connectivity index (χ0) is 15.2. The van der Waals surface area contributed by atoms with Crippen LogP contribution in [0.15, 0.2) is 24.3 Å². The van der Waals surface area contributed by atoms with E-state index in [1.807, 2.05) is 0 Å². The van der Waals surface area contributed by atoms with Crippen molar-refractivity contribution >= 4 is 0 Å². The third-order valence-corrected chi connectivity index (χ3v) is 4.22. The van der Waals surface area contributed by atoms with Gasteiger partial charge in [0, 0.05) is 18.6 Å². The van der Waals surface area contributed by atoms with Crippen LogP contribution in [0.5, 0.6) is 0 Å². The maximum atomic E-state index is 3.48. The van der Waals surface area contributed by atoms with E-state index < -0.39 is 0 Å². The SMILES string of the molecule is CCC(C)(C)N(C)Cc1ccc(CNCC(C)C)cc1. The molecular weight excluding hydrogens is 244 g/mol. The van der Waals surface area contributed by atoms with Crippen molar-refractivity contribution in [2.75, 3.05) is 13.6 Å². The Labute approximate surface area is 125 Å². The van der Waals surface area contributed by atoms with Gasteiger partial charge in [-0.25, -0.2) is 0 Å². The van der Waals surface area contributed by atoms with Crippen molar-refractivity contribution in [3.63, 3.8) is 0 Å². The van der Waals surface area contributed by atoms with Gasteiger partial charge in [0.25, 0.3) is 0 Å². The predicted molar refractivity (Wildman–Crippen MR) is 88.8 cm³/mol. The van der Waals surface area contributed by atoms with Crippen LogP contribution >= 0.6 is 0 Å². The van der Waals surface area contributed by atoms with Crippen molar-refractivity contribution in [2.45, 2.75) is 59.7 Å². The van der Waals surface area contributed by atoms with E-state index in [9.17, 15) is 0 Å². The zero-order valence-electron chi connectivity index (χ0n) is 14.2. The van der Waals surface area contributed by atoms with E-state index in [0.717, 1.165) is 19.6 Å². The molecule has 0 amide bonds. The van der Waals surface area contributed by atoms with Gasteiger partial charge >= 0.3 is 0 Å². The third kappa shape index (κ3) is 5.64. The first-order valence-electron chi connectivity index (χ1n) is 7.85. The zero-order valence-corrected chi connectivity index (χ0v) is 14.2. The Hall–Kier alpha value is -0.860. The summed E-state index contributed by atoms with van der Waals surface area (Å²) in [7, 11) is 2.21. The van der Waals surface area contributed by atoms with E-state index in [4.69, 9.17) is 0 Å². The van der Waals surface area contributed by atoms with Crippen molar-refractivity contribution in [3.05, 3.63) is 35.4 Å². The maximum Gasteiger partial charge on any atom is 0.0235 e. The van der Waals surface area contributed by atoms with Crippen molar-refractivity contribution in [1.29, 1.82) is 0 Å². The topological polar surface area (TPSA) is 15.3 Å². The Kier molecular flexibility index (Phi) is 6.70. The summed E-state index contributed by atoms with van der Waals surface area (Å²) < 4.78 is 0. The predicted octanol–water partition coefficient (Wildman–Crippen LogP) is 4.05. The van der Waals surface area contributed by atoms with E-state index in [0.29, 0.717) is 5.92 Å². The van der Waals surface area contributed by atoms with Crippen LogP contribution in [0.1, 0.15) is 52.2 Å². The van der Waals surface area contributed by atoms with Crippen LogP contribution in [0.25, 0.3) is 0 Å². The summed E-state index contributed by atoms with van der Waals surface area (Å²) in [5.74, 6) is 0.708. The molecule has 0 aliphatic carbocycles. The molecule has 1 N–H and O–H groups in total. The minimum atomic E-state index is 0.261. The van der Waals surface area contributed by atoms with Crippen molar-refractivity contribution in [2.24, 2.45) is 5.92 Å². The lowest BCUT2D eigenvalue weighted by atomic mass is 9.99. The fourth-order valence-corrected chi connectivity index (χ4v) is 2.03. The Balaban J connectivity index is 2.50. The monoisotopic (exact) mass is 276 g/mol. The number of nitrogens with zero attached hydrogens (tertiary/aromatic N) is 1. The molecule has 2 heteroatoms. The minimum absolute atomic E-state index is 0.261. The smallest absolute Gasteiger partial charge is 0.0235 e. The van der Waals surface area contributed by atoms with E-state index in [-0.39, 0.29) is 5.54 Å². The molecule has 0 aliphatic heterocycles. The van der Waals surface area contributed by atoms with Gasteiger partial charge in [-0.3, -0.25) is 4.90 Å². The average Bonchev–Trinajstić information content (AvgIpc) is 2.40. The molecule has 1 rings (SSSR count). The molecule has 0 aliphatic rings. The Morgan fingerprint density at radius 3 is 2.15 bits per heavy atom. The average molecular weight is 276 g/mol. The first-order chi connectivity index (χ1) is 9.35. The summed E-state index contributed by atoms with van der Waals surface area (Å²) in [6.07, 6.45) is 1.17. The molecule has 1 aromatic rings. The van der Waals surface area contributed by atoms with Gasteiger partial charge in [-0.05, 0) is 50.9 Å². The molecule has 0 saturated carbocycles. The van der Waals surface area contributed by atoms with Crippen LogP contribution in [0.2, 0.25) is 0 Å². The number of nitrogens with one attached hydrogen (secondary N) is 1. The van der Waals surface area contributed by atoms with Gasteiger partial charge < -0.3 is 5.32 Å². The Bertz CT molecular complexity index is 379. The molecule has 0 atom stereocenters. The fraction of sp³-hybridized carbons (Fsp3) is 0.667. The molecule has 1 aromatic carbocycles. The van der Waals surface area contributed by atoms with E-state index in [1.165, 1.54) is 17.5 Å². The largest absolute Gasteiger partial charge is 0.312 e. The lowest BCUT2D eigenvalue weighted by molar-refractivity contribution is 0.143. The van der Waals surface area contributed by atoms with Crippen LogP contribution in [-0.4, -0.2) is 24.0 Å². The van der Waals surface area contributed by atoms with Crippen molar-refractivity contribution in [1.82, 2.24) is 10.2 Å².